The first-order valence-electron chi connectivity index (χ1n) is 26.0. The molecule has 1 unspecified atom stereocenters. The van der Waals surface area contributed by atoms with E-state index in [0.29, 0.717) is 23.9 Å². The van der Waals surface area contributed by atoms with E-state index in [1.807, 2.05) is 21.1 Å². The SMILES string of the molecule is CCCCCCCC/C=C/CCCCCCCC(=O)O[C@@H](COC(=O)CCC/C=C/CCCCCCCCCCCCCCCCCCCC)COP(=O)([O-])OCC[N+](C)(C)C. The zero-order valence-electron chi connectivity index (χ0n) is 41.3. The number of ether oxygens (including phenoxy) is 2. The van der Waals surface area contributed by atoms with Gasteiger partial charge in [-0.05, 0) is 57.8 Å². The van der Waals surface area contributed by atoms with Crippen LogP contribution < -0.4 is 4.89 Å². The van der Waals surface area contributed by atoms with Gasteiger partial charge in [0.2, 0.25) is 0 Å². The Morgan fingerprint density at radius 2 is 0.839 bits per heavy atom. The summed E-state index contributed by atoms with van der Waals surface area (Å²) in [6.07, 6.45) is 50.8. The molecule has 0 saturated carbocycles. The Morgan fingerprint density at radius 3 is 1.24 bits per heavy atom. The number of hydrogen-bond acceptors (Lipinski definition) is 8. The third-order valence-electron chi connectivity index (χ3n) is 11.4. The first-order valence-corrected chi connectivity index (χ1v) is 27.5. The molecule has 0 N–H and O–H groups in total. The largest absolute Gasteiger partial charge is 0.756 e. The van der Waals surface area contributed by atoms with Crippen molar-refractivity contribution in [1.29, 1.82) is 0 Å². The van der Waals surface area contributed by atoms with Crippen molar-refractivity contribution in [3.8, 4) is 0 Å². The van der Waals surface area contributed by atoms with Crippen LogP contribution in [0, 0.1) is 0 Å². The number of rotatable bonds is 48. The Kier molecular flexibility index (Phi) is 43.6. The van der Waals surface area contributed by atoms with Gasteiger partial charge in [0.25, 0.3) is 7.82 Å². The average Bonchev–Trinajstić information content (AvgIpc) is 3.23. The maximum Gasteiger partial charge on any atom is 0.306 e. The molecule has 0 saturated heterocycles. The van der Waals surface area contributed by atoms with Crippen LogP contribution in [0.3, 0.4) is 0 Å². The van der Waals surface area contributed by atoms with Gasteiger partial charge in [0.1, 0.15) is 19.8 Å². The van der Waals surface area contributed by atoms with Crippen molar-refractivity contribution in [3.05, 3.63) is 24.3 Å². The summed E-state index contributed by atoms with van der Waals surface area (Å²) in [5, 5.41) is 0. The van der Waals surface area contributed by atoms with Crippen molar-refractivity contribution in [2.45, 2.75) is 251 Å². The topological polar surface area (TPSA) is 111 Å². The third kappa shape index (κ3) is 48.0. The number of hydrogen-bond donors (Lipinski definition) is 0. The van der Waals surface area contributed by atoms with E-state index >= 15 is 0 Å². The zero-order valence-corrected chi connectivity index (χ0v) is 42.2. The van der Waals surface area contributed by atoms with Crippen LogP contribution in [0.1, 0.15) is 245 Å². The molecule has 2 atom stereocenters. The van der Waals surface area contributed by atoms with Crippen molar-refractivity contribution in [1.82, 2.24) is 0 Å². The van der Waals surface area contributed by atoms with Crippen LogP contribution >= 0.6 is 7.82 Å². The van der Waals surface area contributed by atoms with E-state index in [4.69, 9.17) is 18.5 Å². The van der Waals surface area contributed by atoms with Gasteiger partial charge in [-0.3, -0.25) is 14.2 Å². The minimum atomic E-state index is -4.63. The van der Waals surface area contributed by atoms with Gasteiger partial charge in [0.05, 0.1) is 27.7 Å². The number of phosphoric acid groups is 1. The molecule has 0 heterocycles. The number of nitrogens with zero attached hydrogens (tertiary/aromatic N) is 1. The van der Waals surface area contributed by atoms with Gasteiger partial charge in [-0.15, -0.1) is 0 Å². The van der Waals surface area contributed by atoms with Crippen molar-refractivity contribution in [3.63, 3.8) is 0 Å². The second-order valence-corrected chi connectivity index (χ2v) is 20.3. The quantitative estimate of drug-likeness (QED) is 0.0195. The lowest BCUT2D eigenvalue weighted by molar-refractivity contribution is -0.870. The molecule has 0 amide bonds. The summed E-state index contributed by atoms with van der Waals surface area (Å²) in [4.78, 5) is 37.7. The summed E-state index contributed by atoms with van der Waals surface area (Å²) in [6, 6.07) is 0. The second kappa shape index (κ2) is 44.7. The van der Waals surface area contributed by atoms with Crippen LogP contribution in [0.25, 0.3) is 0 Å². The number of esters is 2. The van der Waals surface area contributed by atoms with E-state index in [-0.39, 0.29) is 26.1 Å². The highest BCUT2D eigenvalue weighted by atomic mass is 31.2. The van der Waals surface area contributed by atoms with Gasteiger partial charge >= 0.3 is 11.9 Å². The molecule has 0 radical (unpaired) electrons. The van der Waals surface area contributed by atoms with Crippen molar-refractivity contribution >= 4 is 19.8 Å². The fourth-order valence-corrected chi connectivity index (χ4v) is 8.09. The standard InChI is InChI=1S/C52H100NO8P/c1-6-8-10-12-14-16-18-20-22-23-24-25-26-27-28-29-31-32-34-36-38-40-42-44-51(54)58-48-50(49-60-62(56,57)59-47-46-53(3,4)5)61-52(55)45-43-41-39-37-35-33-30-21-19-17-15-13-11-9-7-2/h21,30,36,38,50H,6-20,22-29,31-35,37,39-49H2,1-5H3/b30-21+,38-36+/t50-/m0/s1. The number of carbonyl (C=O) groups excluding carboxylic acids is 2. The molecule has 10 heteroatoms. The fourth-order valence-electron chi connectivity index (χ4n) is 7.36. The molecule has 0 bridgehead atoms. The lowest BCUT2D eigenvalue weighted by atomic mass is 10.0. The molecule has 0 fully saturated rings. The van der Waals surface area contributed by atoms with Gasteiger partial charge in [-0.1, -0.05) is 199 Å². The maximum absolute atomic E-state index is 12.7. The van der Waals surface area contributed by atoms with E-state index in [1.165, 1.54) is 161 Å². The van der Waals surface area contributed by atoms with E-state index in [1.54, 1.807) is 0 Å². The Hall–Kier alpha value is -1.51. The van der Waals surface area contributed by atoms with Gasteiger partial charge in [-0.25, -0.2) is 0 Å². The highest BCUT2D eigenvalue weighted by molar-refractivity contribution is 7.45. The number of likely N-dealkylation sites (N-methyl/N-ethyl adjacent to an activating group) is 1. The Morgan fingerprint density at radius 1 is 0.484 bits per heavy atom. The maximum atomic E-state index is 12.7. The zero-order chi connectivity index (χ0) is 45.7. The molecular formula is C52H100NO8P. The molecule has 0 spiro atoms. The number of unbranched alkanes of at least 4 members (excludes halogenated alkanes) is 30. The monoisotopic (exact) mass is 898 g/mol. The minimum absolute atomic E-state index is 0.0345. The number of carbonyl (C=O) groups is 2. The molecule has 9 nitrogen and oxygen atoms in total. The van der Waals surface area contributed by atoms with E-state index in [2.05, 4.69) is 38.2 Å². The third-order valence-corrected chi connectivity index (χ3v) is 12.4. The lowest BCUT2D eigenvalue weighted by Crippen LogP contribution is -2.37. The van der Waals surface area contributed by atoms with Gasteiger partial charge in [0.15, 0.2) is 6.10 Å². The highest BCUT2D eigenvalue weighted by Crippen LogP contribution is 2.38. The van der Waals surface area contributed by atoms with Gasteiger partial charge in [-0.2, -0.15) is 0 Å². The molecule has 366 valence electrons. The van der Waals surface area contributed by atoms with Crippen LogP contribution in [0.5, 0.6) is 0 Å². The molecule has 0 aliphatic carbocycles. The van der Waals surface area contributed by atoms with E-state index in [0.717, 1.165) is 44.9 Å². The predicted octanol–water partition coefficient (Wildman–Crippen LogP) is 14.8. The van der Waals surface area contributed by atoms with E-state index in [9.17, 15) is 19.0 Å². The lowest BCUT2D eigenvalue weighted by Gasteiger charge is -2.28. The first-order chi connectivity index (χ1) is 30.0. The second-order valence-electron chi connectivity index (χ2n) is 18.9. The molecule has 0 aromatic carbocycles. The molecule has 0 aromatic heterocycles. The number of allylic oxidation sites excluding steroid dienone is 4. The minimum Gasteiger partial charge on any atom is -0.756 e. The number of phosphoric ester groups is 1. The average molecular weight is 898 g/mol. The van der Waals surface area contributed by atoms with Crippen LogP contribution in [0.4, 0.5) is 0 Å². The van der Waals surface area contributed by atoms with Gasteiger partial charge < -0.3 is 27.9 Å². The summed E-state index contributed by atoms with van der Waals surface area (Å²) in [7, 11) is 1.16. The molecular weight excluding hydrogens is 798 g/mol. The predicted molar refractivity (Wildman–Crippen MR) is 259 cm³/mol. The smallest absolute Gasteiger partial charge is 0.306 e. The summed E-state index contributed by atoms with van der Waals surface area (Å²) >= 11 is 0. The number of quaternary nitrogens is 1. The first kappa shape index (κ1) is 60.5. The summed E-state index contributed by atoms with van der Waals surface area (Å²) in [5.74, 6) is -0.872. The molecule has 0 aliphatic rings. The van der Waals surface area contributed by atoms with Crippen molar-refractivity contribution in [2.75, 3.05) is 47.5 Å². The summed E-state index contributed by atoms with van der Waals surface area (Å²) < 4.78 is 34.0. The van der Waals surface area contributed by atoms with Crippen LogP contribution in [-0.4, -0.2) is 70.0 Å². The van der Waals surface area contributed by atoms with Crippen molar-refractivity contribution in [2.24, 2.45) is 0 Å². The van der Waals surface area contributed by atoms with Crippen LogP contribution in [-0.2, 0) is 32.7 Å². The Bertz CT molecular complexity index is 1110. The highest BCUT2D eigenvalue weighted by Gasteiger charge is 2.21. The normalized spacial score (nSPS) is 13.6. The molecule has 0 rings (SSSR count). The molecule has 0 aromatic rings. The van der Waals surface area contributed by atoms with Crippen LogP contribution in [0.15, 0.2) is 24.3 Å². The summed E-state index contributed by atoms with van der Waals surface area (Å²) in [6.45, 7) is 4.22. The van der Waals surface area contributed by atoms with Gasteiger partial charge in [0, 0.05) is 12.8 Å². The fraction of sp³-hybridized carbons (Fsp3) is 0.885. The molecule has 0 aliphatic heterocycles. The Balaban J connectivity index is 4.22. The van der Waals surface area contributed by atoms with Crippen molar-refractivity contribution < 1.29 is 42.1 Å². The summed E-state index contributed by atoms with van der Waals surface area (Å²) in [5.41, 5.74) is 0. The molecule has 62 heavy (non-hydrogen) atoms. The van der Waals surface area contributed by atoms with E-state index < -0.39 is 32.5 Å². The Labute approximate surface area is 383 Å². The van der Waals surface area contributed by atoms with Crippen LogP contribution in [0.2, 0.25) is 0 Å².